The van der Waals surface area contributed by atoms with E-state index >= 15 is 0 Å². The molecule has 0 saturated carbocycles. The molecule has 5 heteroatoms. The van der Waals surface area contributed by atoms with Crippen LogP contribution in [0, 0.1) is 0 Å². The lowest BCUT2D eigenvalue weighted by molar-refractivity contribution is 0.580. The molecule has 0 spiro atoms. The molecule has 98 valence electrons. The van der Waals surface area contributed by atoms with Crippen LogP contribution < -0.4 is 0 Å². The van der Waals surface area contributed by atoms with Gasteiger partial charge in [0.25, 0.3) is 0 Å². The maximum atomic E-state index is 5.50. The second kappa shape index (κ2) is 4.54. The molecule has 0 amide bonds. The molecule has 4 aromatic rings. The van der Waals surface area contributed by atoms with Crippen molar-refractivity contribution >= 4 is 11.3 Å². The van der Waals surface area contributed by atoms with Crippen LogP contribution in [0.5, 0.6) is 0 Å². The van der Waals surface area contributed by atoms with E-state index in [4.69, 9.17) is 4.42 Å². The van der Waals surface area contributed by atoms with Crippen LogP contribution in [-0.2, 0) is 0 Å². The highest BCUT2D eigenvalue weighted by atomic mass is 32.1. The molecule has 4 rings (SSSR count). The fraction of sp³-hybridized carbons (Fsp3) is 0. The molecule has 4 aromatic heterocycles. The number of hydrogen-bond acceptors (Lipinski definition) is 3. The standard InChI is InChI=1S/C15H11N3OS/c1-4-10(16-7-1)15-17-13(11-5-2-8-19-11)14(18-15)12-6-3-9-20-12/h1-9,16H,(H,17,18). The summed E-state index contributed by atoms with van der Waals surface area (Å²) in [5.41, 5.74) is 2.78. The van der Waals surface area contributed by atoms with Crippen LogP contribution >= 0.6 is 11.3 Å². The molecule has 0 aromatic carbocycles. The predicted octanol–water partition coefficient (Wildman–Crippen LogP) is 4.39. The number of aromatic amines is 2. The van der Waals surface area contributed by atoms with Crippen molar-refractivity contribution in [2.45, 2.75) is 0 Å². The summed E-state index contributed by atoms with van der Waals surface area (Å²) >= 11 is 1.67. The number of rotatable bonds is 3. The zero-order valence-corrected chi connectivity index (χ0v) is 11.3. The third kappa shape index (κ3) is 1.80. The average Bonchev–Trinajstić information content (AvgIpc) is 3.22. The van der Waals surface area contributed by atoms with Crippen LogP contribution in [0.1, 0.15) is 0 Å². The first-order chi connectivity index (χ1) is 9.92. The fourth-order valence-corrected chi connectivity index (χ4v) is 2.90. The Morgan fingerprint density at radius 1 is 1.10 bits per heavy atom. The van der Waals surface area contributed by atoms with Crippen molar-refractivity contribution in [2.75, 3.05) is 0 Å². The van der Waals surface area contributed by atoms with Crippen LogP contribution in [0.2, 0.25) is 0 Å². The van der Waals surface area contributed by atoms with Crippen LogP contribution in [-0.4, -0.2) is 15.0 Å². The Kier molecular flexibility index (Phi) is 2.57. The SMILES string of the molecule is c1c[nH]c(-c2nc(-c3ccco3)c(-c3cccs3)[nH]2)c1. The average molecular weight is 281 g/mol. The molecule has 0 bridgehead atoms. The van der Waals surface area contributed by atoms with Gasteiger partial charge in [-0.15, -0.1) is 11.3 Å². The third-order valence-corrected chi connectivity index (χ3v) is 3.97. The van der Waals surface area contributed by atoms with Gasteiger partial charge in [-0.1, -0.05) is 6.07 Å². The molecule has 0 radical (unpaired) electrons. The lowest BCUT2D eigenvalue weighted by atomic mass is 10.2. The maximum Gasteiger partial charge on any atom is 0.155 e. The van der Waals surface area contributed by atoms with E-state index in [1.807, 2.05) is 36.5 Å². The zero-order valence-electron chi connectivity index (χ0n) is 10.5. The molecule has 0 aliphatic carbocycles. The van der Waals surface area contributed by atoms with Crippen LogP contribution in [0.4, 0.5) is 0 Å². The Morgan fingerprint density at radius 3 is 2.80 bits per heavy atom. The van der Waals surface area contributed by atoms with Crippen molar-refractivity contribution in [1.29, 1.82) is 0 Å². The first-order valence-corrected chi connectivity index (χ1v) is 7.11. The van der Waals surface area contributed by atoms with Gasteiger partial charge >= 0.3 is 0 Å². The summed E-state index contributed by atoms with van der Waals surface area (Å²) < 4.78 is 5.50. The second-order valence-corrected chi connectivity index (χ2v) is 5.30. The Bertz CT molecular complexity index is 744. The summed E-state index contributed by atoms with van der Waals surface area (Å²) in [4.78, 5) is 12.4. The van der Waals surface area contributed by atoms with Crippen molar-refractivity contribution in [1.82, 2.24) is 15.0 Å². The van der Waals surface area contributed by atoms with E-state index < -0.39 is 0 Å². The van der Waals surface area contributed by atoms with Gasteiger partial charge in [0.1, 0.15) is 5.69 Å². The topological polar surface area (TPSA) is 57.6 Å². The first kappa shape index (κ1) is 11.3. The molecule has 0 fully saturated rings. The summed E-state index contributed by atoms with van der Waals surface area (Å²) in [6.45, 7) is 0. The minimum Gasteiger partial charge on any atom is -0.463 e. The normalized spacial score (nSPS) is 11.0. The summed E-state index contributed by atoms with van der Waals surface area (Å²) in [5.74, 6) is 1.58. The Labute approximate surface area is 119 Å². The number of hydrogen-bond donors (Lipinski definition) is 2. The van der Waals surface area contributed by atoms with Gasteiger partial charge < -0.3 is 14.4 Å². The molecule has 0 atom stereocenters. The minimum absolute atomic E-state index is 0.766. The van der Waals surface area contributed by atoms with E-state index in [9.17, 15) is 0 Å². The maximum absolute atomic E-state index is 5.50. The molecule has 0 aliphatic heterocycles. The molecular weight excluding hydrogens is 270 g/mol. The molecular formula is C15H11N3OS. The number of nitrogens with one attached hydrogen (secondary N) is 2. The number of imidazole rings is 1. The Morgan fingerprint density at radius 2 is 2.10 bits per heavy atom. The van der Waals surface area contributed by atoms with Crippen molar-refractivity contribution in [3.05, 3.63) is 54.2 Å². The van der Waals surface area contributed by atoms with Gasteiger partial charge in [0.2, 0.25) is 0 Å². The van der Waals surface area contributed by atoms with E-state index in [2.05, 4.69) is 26.4 Å². The molecule has 20 heavy (non-hydrogen) atoms. The highest BCUT2D eigenvalue weighted by Gasteiger charge is 2.17. The number of nitrogens with zero attached hydrogens (tertiary/aromatic N) is 1. The highest BCUT2D eigenvalue weighted by molar-refractivity contribution is 7.13. The molecule has 2 N–H and O–H groups in total. The second-order valence-electron chi connectivity index (χ2n) is 4.35. The van der Waals surface area contributed by atoms with Gasteiger partial charge in [-0.05, 0) is 35.7 Å². The first-order valence-electron chi connectivity index (χ1n) is 6.23. The minimum atomic E-state index is 0.766. The fourth-order valence-electron chi connectivity index (χ4n) is 2.17. The van der Waals surface area contributed by atoms with E-state index in [-0.39, 0.29) is 0 Å². The smallest absolute Gasteiger partial charge is 0.155 e. The van der Waals surface area contributed by atoms with E-state index in [1.54, 1.807) is 17.6 Å². The van der Waals surface area contributed by atoms with Crippen molar-refractivity contribution in [3.8, 4) is 33.5 Å². The van der Waals surface area contributed by atoms with E-state index in [0.717, 1.165) is 33.5 Å². The molecule has 0 aliphatic rings. The number of furan rings is 1. The predicted molar refractivity (Wildman–Crippen MR) is 79.4 cm³/mol. The van der Waals surface area contributed by atoms with Crippen LogP contribution in [0.3, 0.4) is 0 Å². The zero-order chi connectivity index (χ0) is 13.4. The molecule has 0 unspecified atom stereocenters. The van der Waals surface area contributed by atoms with E-state index in [1.165, 1.54) is 0 Å². The summed E-state index contributed by atoms with van der Waals surface area (Å²) in [5, 5.41) is 2.05. The van der Waals surface area contributed by atoms with E-state index in [0.29, 0.717) is 0 Å². The lowest BCUT2D eigenvalue weighted by Crippen LogP contribution is -1.79. The van der Waals surface area contributed by atoms with Gasteiger partial charge in [-0.3, -0.25) is 0 Å². The molecule has 0 saturated heterocycles. The largest absolute Gasteiger partial charge is 0.463 e. The van der Waals surface area contributed by atoms with Crippen molar-refractivity contribution in [3.63, 3.8) is 0 Å². The summed E-state index contributed by atoms with van der Waals surface area (Å²) in [6, 6.07) is 11.8. The third-order valence-electron chi connectivity index (χ3n) is 3.08. The number of H-pyrrole nitrogens is 2. The summed E-state index contributed by atoms with van der Waals surface area (Å²) in [6.07, 6.45) is 3.55. The summed E-state index contributed by atoms with van der Waals surface area (Å²) in [7, 11) is 0. The molecule has 4 nitrogen and oxygen atoms in total. The Hall–Kier alpha value is -2.53. The monoisotopic (exact) mass is 281 g/mol. The van der Waals surface area contributed by atoms with Gasteiger partial charge in [0.15, 0.2) is 11.6 Å². The van der Waals surface area contributed by atoms with Gasteiger partial charge in [0.05, 0.1) is 22.5 Å². The quantitative estimate of drug-likeness (QED) is 0.585. The van der Waals surface area contributed by atoms with Gasteiger partial charge in [0, 0.05) is 6.20 Å². The van der Waals surface area contributed by atoms with Crippen molar-refractivity contribution in [2.24, 2.45) is 0 Å². The van der Waals surface area contributed by atoms with Crippen molar-refractivity contribution < 1.29 is 4.42 Å². The van der Waals surface area contributed by atoms with Crippen LogP contribution in [0.25, 0.3) is 33.5 Å². The highest BCUT2D eigenvalue weighted by Crippen LogP contribution is 2.34. The Balaban J connectivity index is 1.92. The number of thiophene rings is 1. The van der Waals surface area contributed by atoms with Gasteiger partial charge in [-0.25, -0.2) is 4.98 Å². The van der Waals surface area contributed by atoms with Gasteiger partial charge in [-0.2, -0.15) is 0 Å². The number of aromatic nitrogens is 3. The van der Waals surface area contributed by atoms with Crippen LogP contribution in [0.15, 0.2) is 58.7 Å². The lowest BCUT2D eigenvalue weighted by Gasteiger charge is -1.95. The molecule has 4 heterocycles.